The molecule has 1 unspecified atom stereocenters. The number of hydrogen-bond acceptors (Lipinski definition) is 3. The molecule has 1 aromatic heterocycles. The summed E-state index contributed by atoms with van der Waals surface area (Å²) in [6.45, 7) is 8.15. The molecule has 0 radical (unpaired) electrons. The van der Waals surface area contributed by atoms with E-state index in [1.807, 2.05) is 4.68 Å². The third-order valence-electron chi connectivity index (χ3n) is 3.09. The molecule has 0 amide bonds. The molecule has 0 spiro atoms. The highest BCUT2D eigenvalue weighted by Crippen LogP contribution is 2.20. The van der Waals surface area contributed by atoms with Gasteiger partial charge in [0.1, 0.15) is 12.7 Å². The number of benzene rings is 1. The third-order valence-corrected chi connectivity index (χ3v) is 3.09. The minimum Gasteiger partial charge on any atom is -0.309 e. The van der Waals surface area contributed by atoms with E-state index in [1.54, 1.807) is 12.7 Å². The number of nitrogens with one attached hydrogen (secondary N) is 1. The molecule has 0 aliphatic heterocycles. The van der Waals surface area contributed by atoms with Crippen LogP contribution in [0.4, 0.5) is 0 Å². The SMILES string of the molecule is CCNC(Cn1cncn1)c1ccc(C)cc1C. The van der Waals surface area contributed by atoms with Crippen molar-refractivity contribution >= 4 is 0 Å². The van der Waals surface area contributed by atoms with Crippen molar-refractivity contribution < 1.29 is 0 Å². The van der Waals surface area contributed by atoms with E-state index in [-0.39, 0.29) is 6.04 Å². The molecule has 0 saturated carbocycles. The largest absolute Gasteiger partial charge is 0.309 e. The Labute approximate surface area is 108 Å². The zero-order valence-corrected chi connectivity index (χ0v) is 11.2. The number of aryl methyl sites for hydroxylation is 2. The lowest BCUT2D eigenvalue weighted by Gasteiger charge is -2.20. The number of likely N-dealkylation sites (N-methyl/N-ethyl adjacent to an activating group) is 1. The fourth-order valence-corrected chi connectivity index (χ4v) is 2.25. The van der Waals surface area contributed by atoms with Crippen LogP contribution in [0.25, 0.3) is 0 Å². The zero-order chi connectivity index (χ0) is 13.0. The van der Waals surface area contributed by atoms with Crippen LogP contribution in [-0.4, -0.2) is 21.3 Å². The average Bonchev–Trinajstić information content (AvgIpc) is 2.81. The van der Waals surface area contributed by atoms with E-state index in [1.165, 1.54) is 16.7 Å². The standard InChI is InChI=1S/C14H20N4/c1-4-16-14(8-18-10-15-9-17-18)13-6-5-11(2)7-12(13)3/h5-7,9-10,14,16H,4,8H2,1-3H3. The van der Waals surface area contributed by atoms with Crippen molar-refractivity contribution in [3.05, 3.63) is 47.5 Å². The summed E-state index contributed by atoms with van der Waals surface area (Å²) >= 11 is 0. The van der Waals surface area contributed by atoms with Crippen molar-refractivity contribution in [3.8, 4) is 0 Å². The van der Waals surface area contributed by atoms with Crippen molar-refractivity contribution in [2.45, 2.75) is 33.4 Å². The van der Waals surface area contributed by atoms with Crippen LogP contribution in [0.2, 0.25) is 0 Å². The highest BCUT2D eigenvalue weighted by atomic mass is 15.3. The number of nitrogens with zero attached hydrogens (tertiary/aromatic N) is 3. The van der Waals surface area contributed by atoms with Gasteiger partial charge in [-0.1, -0.05) is 30.7 Å². The highest BCUT2D eigenvalue weighted by Gasteiger charge is 2.13. The van der Waals surface area contributed by atoms with Gasteiger partial charge in [-0.25, -0.2) is 4.98 Å². The minimum atomic E-state index is 0.275. The Hall–Kier alpha value is -1.68. The molecule has 1 atom stereocenters. The van der Waals surface area contributed by atoms with Gasteiger partial charge < -0.3 is 5.32 Å². The van der Waals surface area contributed by atoms with E-state index >= 15 is 0 Å². The first-order valence-electron chi connectivity index (χ1n) is 6.33. The van der Waals surface area contributed by atoms with Crippen molar-refractivity contribution in [1.29, 1.82) is 0 Å². The van der Waals surface area contributed by atoms with Crippen LogP contribution in [0.1, 0.15) is 29.7 Å². The van der Waals surface area contributed by atoms with E-state index in [0.717, 1.165) is 13.1 Å². The highest BCUT2D eigenvalue weighted by molar-refractivity contribution is 5.32. The predicted molar refractivity (Wildman–Crippen MR) is 72.4 cm³/mol. The van der Waals surface area contributed by atoms with Gasteiger partial charge in [0.2, 0.25) is 0 Å². The average molecular weight is 244 g/mol. The first-order valence-corrected chi connectivity index (χ1v) is 6.33. The fraction of sp³-hybridized carbons (Fsp3) is 0.429. The van der Waals surface area contributed by atoms with E-state index in [2.05, 4.69) is 54.4 Å². The maximum atomic E-state index is 4.18. The van der Waals surface area contributed by atoms with Gasteiger partial charge in [0.15, 0.2) is 0 Å². The monoisotopic (exact) mass is 244 g/mol. The smallest absolute Gasteiger partial charge is 0.137 e. The Morgan fingerprint density at radius 3 is 2.78 bits per heavy atom. The maximum Gasteiger partial charge on any atom is 0.137 e. The van der Waals surface area contributed by atoms with Crippen LogP contribution in [0.3, 0.4) is 0 Å². The predicted octanol–water partition coefficient (Wildman–Crippen LogP) is 2.25. The van der Waals surface area contributed by atoms with Crippen LogP contribution in [0, 0.1) is 13.8 Å². The summed E-state index contributed by atoms with van der Waals surface area (Å²) in [6.07, 6.45) is 3.33. The van der Waals surface area contributed by atoms with Crippen molar-refractivity contribution in [3.63, 3.8) is 0 Å². The van der Waals surface area contributed by atoms with Gasteiger partial charge >= 0.3 is 0 Å². The molecule has 0 fully saturated rings. The molecule has 4 heteroatoms. The first-order chi connectivity index (χ1) is 8.70. The Morgan fingerprint density at radius 1 is 1.33 bits per heavy atom. The number of hydrogen-bond donors (Lipinski definition) is 1. The number of aromatic nitrogens is 3. The second-order valence-electron chi connectivity index (χ2n) is 4.59. The quantitative estimate of drug-likeness (QED) is 0.877. The summed E-state index contributed by atoms with van der Waals surface area (Å²) in [7, 11) is 0. The van der Waals surface area contributed by atoms with Crippen LogP contribution >= 0.6 is 0 Å². The lowest BCUT2D eigenvalue weighted by molar-refractivity contribution is 0.446. The van der Waals surface area contributed by atoms with Crippen molar-refractivity contribution in [2.24, 2.45) is 0 Å². The summed E-state index contributed by atoms with van der Waals surface area (Å²) in [5.41, 5.74) is 3.95. The van der Waals surface area contributed by atoms with E-state index in [0.29, 0.717) is 0 Å². The normalized spacial score (nSPS) is 12.6. The summed E-state index contributed by atoms with van der Waals surface area (Å²) in [4.78, 5) is 3.99. The summed E-state index contributed by atoms with van der Waals surface area (Å²) < 4.78 is 1.87. The van der Waals surface area contributed by atoms with Crippen molar-refractivity contribution in [2.75, 3.05) is 6.54 Å². The zero-order valence-electron chi connectivity index (χ0n) is 11.2. The van der Waals surface area contributed by atoms with Crippen LogP contribution < -0.4 is 5.32 Å². The lowest BCUT2D eigenvalue weighted by atomic mass is 9.99. The Balaban J connectivity index is 2.23. The molecule has 1 aromatic carbocycles. The molecule has 96 valence electrons. The van der Waals surface area contributed by atoms with Gasteiger partial charge in [-0.05, 0) is 31.5 Å². The molecule has 0 saturated heterocycles. The Kier molecular flexibility index (Phi) is 4.10. The first kappa shape index (κ1) is 12.8. The van der Waals surface area contributed by atoms with E-state index in [9.17, 15) is 0 Å². The molecule has 4 nitrogen and oxygen atoms in total. The van der Waals surface area contributed by atoms with Crippen LogP contribution in [-0.2, 0) is 6.54 Å². The molecule has 2 rings (SSSR count). The molecule has 1 heterocycles. The van der Waals surface area contributed by atoms with Crippen molar-refractivity contribution in [1.82, 2.24) is 20.1 Å². The van der Waals surface area contributed by atoms with E-state index < -0.39 is 0 Å². The molecule has 0 bridgehead atoms. The maximum absolute atomic E-state index is 4.18. The van der Waals surface area contributed by atoms with Gasteiger partial charge in [-0.2, -0.15) is 5.10 Å². The second kappa shape index (κ2) is 5.78. The van der Waals surface area contributed by atoms with E-state index in [4.69, 9.17) is 0 Å². The second-order valence-corrected chi connectivity index (χ2v) is 4.59. The molecular formula is C14H20N4. The van der Waals surface area contributed by atoms with Gasteiger partial charge in [-0.3, -0.25) is 4.68 Å². The minimum absolute atomic E-state index is 0.275. The number of rotatable bonds is 5. The van der Waals surface area contributed by atoms with Gasteiger partial charge in [0, 0.05) is 0 Å². The van der Waals surface area contributed by atoms with Crippen LogP contribution in [0.15, 0.2) is 30.9 Å². The Morgan fingerprint density at radius 2 is 2.17 bits per heavy atom. The summed E-state index contributed by atoms with van der Waals surface area (Å²) in [6, 6.07) is 6.86. The third kappa shape index (κ3) is 2.96. The van der Waals surface area contributed by atoms with Gasteiger partial charge in [-0.15, -0.1) is 0 Å². The molecule has 18 heavy (non-hydrogen) atoms. The van der Waals surface area contributed by atoms with Crippen LogP contribution in [0.5, 0.6) is 0 Å². The molecule has 2 aromatic rings. The molecule has 0 aliphatic rings. The molecular weight excluding hydrogens is 224 g/mol. The summed E-state index contributed by atoms with van der Waals surface area (Å²) in [5, 5.41) is 7.69. The Bertz CT molecular complexity index is 491. The fourth-order valence-electron chi connectivity index (χ4n) is 2.25. The lowest BCUT2D eigenvalue weighted by Crippen LogP contribution is -2.26. The summed E-state index contributed by atoms with van der Waals surface area (Å²) in [5.74, 6) is 0. The molecule has 0 aliphatic carbocycles. The topological polar surface area (TPSA) is 42.7 Å². The molecule has 1 N–H and O–H groups in total. The van der Waals surface area contributed by atoms with Gasteiger partial charge in [0.25, 0.3) is 0 Å². The van der Waals surface area contributed by atoms with Gasteiger partial charge in [0.05, 0.1) is 12.6 Å².